The number of carbonyl (C=O) groups excluding carboxylic acids is 3. The van der Waals surface area contributed by atoms with Gasteiger partial charge in [-0.25, -0.2) is 4.79 Å². The van der Waals surface area contributed by atoms with E-state index in [9.17, 15) is 14.4 Å². The van der Waals surface area contributed by atoms with E-state index in [0.717, 1.165) is 16.5 Å². The zero-order chi connectivity index (χ0) is 23.9. The van der Waals surface area contributed by atoms with E-state index < -0.39 is 30.4 Å². The van der Waals surface area contributed by atoms with Crippen LogP contribution in [0.1, 0.15) is 20.8 Å². The number of H-pyrrole nitrogens is 1. The van der Waals surface area contributed by atoms with Crippen molar-refractivity contribution in [3.8, 4) is 6.07 Å². The first kappa shape index (κ1) is 22.8. The lowest BCUT2D eigenvalue weighted by atomic mass is 10.0. The van der Waals surface area contributed by atoms with Crippen molar-refractivity contribution in [3.05, 3.63) is 88.2 Å². The molecule has 4 rings (SSSR count). The third-order valence-electron chi connectivity index (χ3n) is 5.10. The number of hydrogen-bond acceptors (Lipinski definition) is 6. The SMILES string of the molecule is N#Cc1ccccc1NC(=O)COC(=O)C(Cc1c[nH]c2ccccc12)NC(=O)c1cccs1. The Morgan fingerprint density at radius 1 is 1.06 bits per heavy atom. The summed E-state index contributed by atoms with van der Waals surface area (Å²) in [5.74, 6) is -1.73. The molecular weight excluding hydrogens is 452 g/mol. The molecule has 0 aliphatic heterocycles. The number of fused-ring (bicyclic) bond motifs is 1. The van der Waals surface area contributed by atoms with Gasteiger partial charge in [0.1, 0.15) is 12.1 Å². The molecule has 0 aliphatic rings. The van der Waals surface area contributed by atoms with Gasteiger partial charge in [-0.05, 0) is 35.2 Å². The van der Waals surface area contributed by atoms with Gasteiger partial charge in [0, 0.05) is 23.5 Å². The Hall–Kier alpha value is -4.42. The van der Waals surface area contributed by atoms with Crippen molar-refractivity contribution in [3.63, 3.8) is 0 Å². The van der Waals surface area contributed by atoms with E-state index in [2.05, 4.69) is 15.6 Å². The minimum absolute atomic E-state index is 0.179. The van der Waals surface area contributed by atoms with Gasteiger partial charge in [0.25, 0.3) is 11.8 Å². The van der Waals surface area contributed by atoms with E-state index in [1.54, 1.807) is 48.0 Å². The predicted molar refractivity (Wildman–Crippen MR) is 128 cm³/mol. The van der Waals surface area contributed by atoms with Gasteiger partial charge in [-0.1, -0.05) is 36.4 Å². The van der Waals surface area contributed by atoms with Crippen molar-refractivity contribution in [2.45, 2.75) is 12.5 Å². The average Bonchev–Trinajstić information content (AvgIpc) is 3.53. The Morgan fingerprint density at radius 2 is 1.85 bits per heavy atom. The zero-order valence-corrected chi connectivity index (χ0v) is 18.7. The van der Waals surface area contributed by atoms with Crippen LogP contribution in [-0.4, -0.2) is 35.4 Å². The van der Waals surface area contributed by atoms with Gasteiger partial charge < -0.3 is 20.4 Å². The fourth-order valence-corrected chi connectivity index (χ4v) is 4.09. The van der Waals surface area contributed by atoms with Gasteiger partial charge in [-0.15, -0.1) is 11.3 Å². The Bertz CT molecular complexity index is 1370. The van der Waals surface area contributed by atoms with Crippen molar-refractivity contribution in [2.75, 3.05) is 11.9 Å². The Morgan fingerprint density at radius 3 is 2.65 bits per heavy atom. The fourth-order valence-electron chi connectivity index (χ4n) is 3.46. The van der Waals surface area contributed by atoms with Crippen LogP contribution in [0.3, 0.4) is 0 Å². The Labute approximate surface area is 199 Å². The minimum atomic E-state index is -1.01. The van der Waals surface area contributed by atoms with Crippen molar-refractivity contribution < 1.29 is 19.1 Å². The van der Waals surface area contributed by atoms with Crippen molar-refractivity contribution >= 4 is 45.7 Å². The number of hydrogen-bond donors (Lipinski definition) is 3. The zero-order valence-electron chi connectivity index (χ0n) is 17.9. The molecule has 2 amide bonds. The molecule has 9 heteroatoms. The lowest BCUT2D eigenvalue weighted by Gasteiger charge is -2.17. The number of thiophene rings is 1. The van der Waals surface area contributed by atoms with Gasteiger partial charge >= 0.3 is 5.97 Å². The predicted octanol–water partition coefficient (Wildman–Crippen LogP) is 3.62. The topological polar surface area (TPSA) is 124 Å². The van der Waals surface area contributed by atoms with Crippen LogP contribution in [0.4, 0.5) is 5.69 Å². The molecule has 4 aromatic rings. The molecule has 0 spiro atoms. The number of nitriles is 1. The van der Waals surface area contributed by atoms with Crippen molar-refractivity contribution in [1.29, 1.82) is 5.26 Å². The fraction of sp³-hybridized carbons (Fsp3) is 0.120. The summed E-state index contributed by atoms with van der Waals surface area (Å²) in [4.78, 5) is 41.5. The summed E-state index contributed by atoms with van der Waals surface area (Å²) in [5, 5.41) is 17.1. The number of aromatic nitrogens is 1. The number of ether oxygens (including phenoxy) is 1. The van der Waals surface area contributed by atoms with E-state index in [4.69, 9.17) is 10.00 Å². The molecule has 2 aromatic heterocycles. The van der Waals surface area contributed by atoms with Crippen LogP contribution in [0.25, 0.3) is 10.9 Å². The lowest BCUT2D eigenvalue weighted by molar-refractivity contribution is -0.149. The first-order valence-electron chi connectivity index (χ1n) is 10.4. The third-order valence-corrected chi connectivity index (χ3v) is 5.97. The molecule has 2 aromatic carbocycles. The highest BCUT2D eigenvalue weighted by atomic mass is 32.1. The number of esters is 1. The second kappa shape index (κ2) is 10.5. The molecule has 0 radical (unpaired) electrons. The van der Waals surface area contributed by atoms with Gasteiger partial charge in [0.15, 0.2) is 6.61 Å². The number of rotatable bonds is 8. The number of nitrogens with one attached hydrogen (secondary N) is 3. The number of nitrogens with zero attached hydrogens (tertiary/aromatic N) is 1. The smallest absolute Gasteiger partial charge is 0.329 e. The average molecular weight is 473 g/mol. The molecule has 34 heavy (non-hydrogen) atoms. The first-order valence-corrected chi connectivity index (χ1v) is 11.3. The summed E-state index contributed by atoms with van der Waals surface area (Å²) in [5.41, 5.74) is 2.36. The van der Waals surface area contributed by atoms with Crippen LogP contribution < -0.4 is 10.6 Å². The summed E-state index contributed by atoms with van der Waals surface area (Å²) in [7, 11) is 0. The number of amides is 2. The monoisotopic (exact) mass is 472 g/mol. The van der Waals surface area contributed by atoms with Crippen LogP contribution >= 0.6 is 11.3 Å². The Balaban J connectivity index is 1.46. The molecule has 170 valence electrons. The maximum absolute atomic E-state index is 12.9. The summed E-state index contributed by atoms with van der Waals surface area (Å²) >= 11 is 1.26. The molecule has 2 heterocycles. The largest absolute Gasteiger partial charge is 0.454 e. The number of anilines is 1. The van der Waals surface area contributed by atoms with Crippen LogP contribution in [0.2, 0.25) is 0 Å². The summed E-state index contributed by atoms with van der Waals surface area (Å²) < 4.78 is 5.24. The second-order valence-electron chi connectivity index (χ2n) is 7.38. The van der Waals surface area contributed by atoms with Gasteiger partial charge in [-0.3, -0.25) is 9.59 Å². The van der Waals surface area contributed by atoms with Gasteiger partial charge in [-0.2, -0.15) is 5.26 Å². The van der Waals surface area contributed by atoms with Crippen LogP contribution in [0.15, 0.2) is 72.2 Å². The van der Waals surface area contributed by atoms with Gasteiger partial charge in [0.2, 0.25) is 0 Å². The second-order valence-corrected chi connectivity index (χ2v) is 8.33. The molecule has 8 nitrogen and oxygen atoms in total. The molecule has 0 bridgehead atoms. The lowest BCUT2D eigenvalue weighted by Crippen LogP contribution is -2.43. The molecule has 0 saturated carbocycles. The van der Waals surface area contributed by atoms with E-state index >= 15 is 0 Å². The van der Waals surface area contributed by atoms with Crippen LogP contribution in [0, 0.1) is 11.3 Å². The van der Waals surface area contributed by atoms with Crippen molar-refractivity contribution in [1.82, 2.24) is 10.3 Å². The standard InChI is InChI=1S/C25H20N4O4S/c26-13-16-6-1-3-8-19(16)28-23(30)15-33-25(32)21(29-24(31)22-10-5-11-34-22)12-17-14-27-20-9-4-2-7-18(17)20/h1-11,14,21,27H,12,15H2,(H,28,30)(H,29,31). The van der Waals surface area contributed by atoms with Crippen LogP contribution in [0.5, 0.6) is 0 Å². The summed E-state index contributed by atoms with van der Waals surface area (Å²) in [6.07, 6.45) is 1.96. The Kier molecular flexibility index (Phi) is 7.01. The summed E-state index contributed by atoms with van der Waals surface area (Å²) in [6, 6.07) is 18.5. The summed E-state index contributed by atoms with van der Waals surface area (Å²) in [6.45, 7) is -0.558. The van der Waals surface area contributed by atoms with E-state index in [1.807, 2.05) is 30.3 Å². The van der Waals surface area contributed by atoms with Gasteiger partial charge in [0.05, 0.1) is 16.1 Å². The number of para-hydroxylation sites is 2. The maximum atomic E-state index is 12.9. The number of benzene rings is 2. The quantitative estimate of drug-likeness (QED) is 0.338. The maximum Gasteiger partial charge on any atom is 0.329 e. The first-order chi connectivity index (χ1) is 16.5. The molecule has 1 atom stereocenters. The number of carbonyl (C=O) groups is 3. The minimum Gasteiger partial charge on any atom is -0.454 e. The normalized spacial score (nSPS) is 11.4. The van der Waals surface area contributed by atoms with E-state index in [-0.39, 0.29) is 6.42 Å². The molecule has 0 aliphatic carbocycles. The highest BCUT2D eigenvalue weighted by Gasteiger charge is 2.25. The van der Waals surface area contributed by atoms with E-state index in [1.165, 1.54) is 11.3 Å². The molecular formula is C25H20N4O4S. The molecule has 3 N–H and O–H groups in total. The molecule has 0 fully saturated rings. The molecule has 1 unspecified atom stereocenters. The highest BCUT2D eigenvalue weighted by Crippen LogP contribution is 2.20. The molecule has 0 saturated heterocycles. The van der Waals surface area contributed by atoms with Crippen molar-refractivity contribution in [2.24, 2.45) is 0 Å². The van der Waals surface area contributed by atoms with E-state index in [0.29, 0.717) is 16.1 Å². The third kappa shape index (κ3) is 5.31. The number of aromatic amines is 1. The van der Waals surface area contributed by atoms with Crippen LogP contribution in [-0.2, 0) is 20.7 Å². The highest BCUT2D eigenvalue weighted by molar-refractivity contribution is 7.12.